The summed E-state index contributed by atoms with van der Waals surface area (Å²) in [6, 6.07) is 0. The SMILES string of the molecule is CCC(C)CCCCCCCCCCCC(=O)OCC(O)CO[C@H]1O[C@H](COC(=O)CCCCCCCCCCC(C)CC)[C@@H](O)[C@H](O[C@H]2O[C@H](CO)[C@@H](O)[C@H](O)[C@@H]2O)[C@@H]1O. The molecule has 0 aromatic rings. The van der Waals surface area contributed by atoms with Crippen LogP contribution in [0, 0.1) is 11.8 Å². The molecule has 0 bridgehead atoms. The highest BCUT2D eigenvalue weighted by molar-refractivity contribution is 5.69. The standard InChI is InChI=1S/C46H86O15/c1-5-32(3)24-20-16-12-8-7-9-14-18-22-26-37(49)56-29-34(48)30-58-45-43(55)44(61-46-42(54)41(53)39(51)35(28-47)59-46)40(52)36(60-45)31-57-38(50)27-23-19-15-11-10-13-17-21-25-33(4)6-2/h32-36,39-48,51-55H,5-31H2,1-4H3/t32?,33?,34?,35-,36-,39-,40-,41+,42+,43+,44+,45+,46-/m1/s1. The minimum Gasteiger partial charge on any atom is -0.463 e. The van der Waals surface area contributed by atoms with Crippen LogP contribution in [0.2, 0.25) is 0 Å². The molecule has 2 fully saturated rings. The number of carbonyl (C=O) groups is 2. The maximum Gasteiger partial charge on any atom is 0.305 e. The van der Waals surface area contributed by atoms with Gasteiger partial charge in [-0.1, -0.05) is 150 Å². The van der Waals surface area contributed by atoms with Crippen molar-refractivity contribution < 1.29 is 73.8 Å². The fourth-order valence-corrected chi connectivity index (χ4v) is 7.67. The van der Waals surface area contributed by atoms with Gasteiger partial charge in [-0.3, -0.25) is 9.59 Å². The molecule has 2 aliphatic rings. The quantitative estimate of drug-likeness (QED) is 0.0314. The second-order valence-corrected chi connectivity index (χ2v) is 17.8. The zero-order chi connectivity index (χ0) is 45.0. The third kappa shape index (κ3) is 22.8. The van der Waals surface area contributed by atoms with Gasteiger partial charge in [-0.25, -0.2) is 0 Å². The molecule has 3 unspecified atom stereocenters. The van der Waals surface area contributed by atoms with E-state index in [2.05, 4.69) is 27.7 Å². The Morgan fingerprint density at radius 1 is 0.541 bits per heavy atom. The fourth-order valence-electron chi connectivity index (χ4n) is 7.67. The van der Waals surface area contributed by atoms with Crippen molar-refractivity contribution in [2.75, 3.05) is 26.4 Å². The van der Waals surface area contributed by atoms with E-state index in [-0.39, 0.29) is 19.4 Å². The van der Waals surface area contributed by atoms with Crippen LogP contribution in [0.5, 0.6) is 0 Å². The summed E-state index contributed by atoms with van der Waals surface area (Å²) in [5, 5.41) is 73.6. The Morgan fingerprint density at radius 3 is 1.49 bits per heavy atom. The molecule has 7 N–H and O–H groups in total. The summed E-state index contributed by atoms with van der Waals surface area (Å²) in [6.45, 7) is 7.07. The number of ether oxygens (including phenoxy) is 6. The monoisotopic (exact) mass is 879 g/mol. The Hall–Kier alpha value is -1.50. The number of aliphatic hydroxyl groups is 7. The largest absolute Gasteiger partial charge is 0.463 e. The van der Waals surface area contributed by atoms with Crippen LogP contribution in [0.25, 0.3) is 0 Å². The van der Waals surface area contributed by atoms with E-state index in [0.717, 1.165) is 50.4 Å². The van der Waals surface area contributed by atoms with Gasteiger partial charge < -0.3 is 64.2 Å². The van der Waals surface area contributed by atoms with Crippen molar-refractivity contribution in [3.05, 3.63) is 0 Å². The second-order valence-electron chi connectivity index (χ2n) is 17.8. The maximum absolute atomic E-state index is 12.7. The average molecular weight is 879 g/mol. The van der Waals surface area contributed by atoms with Crippen LogP contribution < -0.4 is 0 Å². The third-order valence-corrected chi connectivity index (χ3v) is 12.4. The number of hydrogen-bond acceptors (Lipinski definition) is 15. The van der Waals surface area contributed by atoms with E-state index < -0.39 is 99.3 Å². The lowest BCUT2D eigenvalue weighted by atomic mass is 9.97. The Morgan fingerprint density at radius 2 is 1.00 bits per heavy atom. The molecule has 0 radical (unpaired) electrons. The molecular weight excluding hydrogens is 792 g/mol. The van der Waals surface area contributed by atoms with E-state index in [4.69, 9.17) is 28.4 Å². The van der Waals surface area contributed by atoms with Crippen LogP contribution in [-0.2, 0) is 38.0 Å². The minimum atomic E-state index is -1.83. The predicted molar refractivity (Wildman–Crippen MR) is 229 cm³/mol. The fraction of sp³-hybridized carbons (Fsp3) is 0.957. The lowest BCUT2D eigenvalue weighted by Gasteiger charge is -2.46. The predicted octanol–water partition coefficient (Wildman–Crippen LogP) is 5.37. The lowest BCUT2D eigenvalue weighted by molar-refractivity contribution is -0.361. The zero-order valence-electron chi connectivity index (χ0n) is 38.0. The van der Waals surface area contributed by atoms with E-state index in [0.29, 0.717) is 12.8 Å². The van der Waals surface area contributed by atoms with E-state index in [1.807, 2.05) is 0 Å². The highest BCUT2D eigenvalue weighted by atomic mass is 16.7. The second kappa shape index (κ2) is 33.0. The van der Waals surface area contributed by atoms with Gasteiger partial charge in [0, 0.05) is 12.8 Å². The van der Waals surface area contributed by atoms with E-state index >= 15 is 0 Å². The molecule has 2 saturated heterocycles. The van der Waals surface area contributed by atoms with Gasteiger partial charge in [-0.2, -0.15) is 0 Å². The van der Waals surface area contributed by atoms with Gasteiger partial charge in [0.1, 0.15) is 68.1 Å². The molecule has 2 heterocycles. The first-order valence-electron chi connectivity index (χ1n) is 23.9. The van der Waals surface area contributed by atoms with Crippen LogP contribution in [0.15, 0.2) is 0 Å². The minimum absolute atomic E-state index is 0.162. The van der Waals surface area contributed by atoms with Crippen molar-refractivity contribution >= 4 is 11.9 Å². The van der Waals surface area contributed by atoms with Crippen molar-refractivity contribution in [1.29, 1.82) is 0 Å². The summed E-state index contributed by atoms with van der Waals surface area (Å²) in [5.74, 6) is 0.640. The third-order valence-electron chi connectivity index (χ3n) is 12.4. The van der Waals surface area contributed by atoms with Crippen molar-refractivity contribution in [3.63, 3.8) is 0 Å². The summed E-state index contributed by atoms with van der Waals surface area (Å²) in [4.78, 5) is 25.0. The molecule has 360 valence electrons. The van der Waals surface area contributed by atoms with E-state index in [1.54, 1.807) is 0 Å². The number of carbonyl (C=O) groups excluding carboxylic acids is 2. The topological polar surface area (TPSA) is 231 Å². The van der Waals surface area contributed by atoms with Gasteiger partial charge >= 0.3 is 11.9 Å². The molecule has 61 heavy (non-hydrogen) atoms. The van der Waals surface area contributed by atoms with Crippen LogP contribution in [0.3, 0.4) is 0 Å². The molecule has 13 atom stereocenters. The Kier molecular flexibility index (Phi) is 30.1. The smallest absolute Gasteiger partial charge is 0.305 e. The molecule has 0 aliphatic carbocycles. The van der Waals surface area contributed by atoms with E-state index in [1.165, 1.54) is 83.5 Å². The highest BCUT2D eigenvalue weighted by Crippen LogP contribution is 2.30. The van der Waals surface area contributed by atoms with Gasteiger partial charge in [0.05, 0.1) is 13.2 Å². The average Bonchev–Trinajstić information content (AvgIpc) is 3.25. The zero-order valence-corrected chi connectivity index (χ0v) is 38.0. The van der Waals surface area contributed by atoms with Gasteiger partial charge in [0.15, 0.2) is 12.6 Å². The molecule has 0 aromatic carbocycles. The molecule has 0 amide bonds. The summed E-state index contributed by atoms with van der Waals surface area (Å²) in [6.07, 6.45) is 6.56. The first-order chi connectivity index (χ1) is 29.3. The number of aliphatic hydroxyl groups excluding tert-OH is 7. The van der Waals surface area contributed by atoms with Crippen LogP contribution in [-0.4, -0.2) is 142 Å². The summed E-state index contributed by atoms with van der Waals surface area (Å²) in [5.41, 5.74) is 0. The van der Waals surface area contributed by atoms with Crippen LogP contribution >= 0.6 is 0 Å². The molecule has 15 nitrogen and oxygen atoms in total. The molecule has 15 heteroatoms. The summed E-state index contributed by atoms with van der Waals surface area (Å²) >= 11 is 0. The Balaban J connectivity index is 1.80. The van der Waals surface area contributed by atoms with Crippen molar-refractivity contribution in [2.24, 2.45) is 11.8 Å². The van der Waals surface area contributed by atoms with Gasteiger partial charge in [0.25, 0.3) is 0 Å². The van der Waals surface area contributed by atoms with Crippen molar-refractivity contribution in [3.8, 4) is 0 Å². The molecule has 0 saturated carbocycles. The number of esters is 2. The molecule has 0 aromatic heterocycles. The molecule has 2 rings (SSSR count). The number of hydrogen-bond donors (Lipinski definition) is 7. The normalized spacial score (nSPS) is 28.3. The molecule has 0 spiro atoms. The highest BCUT2D eigenvalue weighted by Gasteiger charge is 2.51. The lowest BCUT2D eigenvalue weighted by Crippen LogP contribution is -2.65. The summed E-state index contributed by atoms with van der Waals surface area (Å²) < 4.78 is 33.3. The summed E-state index contributed by atoms with van der Waals surface area (Å²) in [7, 11) is 0. The maximum atomic E-state index is 12.7. The first kappa shape index (κ1) is 55.6. The van der Waals surface area contributed by atoms with Crippen molar-refractivity contribution in [2.45, 2.75) is 243 Å². The van der Waals surface area contributed by atoms with Crippen LogP contribution in [0.1, 0.15) is 175 Å². The van der Waals surface area contributed by atoms with Crippen LogP contribution in [0.4, 0.5) is 0 Å². The number of rotatable bonds is 35. The molecule has 2 aliphatic heterocycles. The van der Waals surface area contributed by atoms with Gasteiger partial charge in [-0.15, -0.1) is 0 Å². The van der Waals surface area contributed by atoms with Crippen molar-refractivity contribution in [1.82, 2.24) is 0 Å². The molecular formula is C46H86O15. The van der Waals surface area contributed by atoms with Gasteiger partial charge in [-0.05, 0) is 24.7 Å². The first-order valence-corrected chi connectivity index (χ1v) is 23.9. The van der Waals surface area contributed by atoms with E-state index in [9.17, 15) is 45.3 Å². The Labute approximate surface area is 366 Å². The number of unbranched alkanes of at least 4 members (excludes halogenated alkanes) is 15. The van der Waals surface area contributed by atoms with Gasteiger partial charge in [0.2, 0.25) is 0 Å². The Bertz CT molecular complexity index is 1110.